The van der Waals surface area contributed by atoms with Crippen molar-refractivity contribution in [1.82, 2.24) is 10.4 Å². The molecule has 1 fully saturated rings. The Morgan fingerprint density at radius 2 is 1.86 bits per heavy atom. The van der Waals surface area contributed by atoms with Crippen LogP contribution in [-0.4, -0.2) is 22.2 Å². The fourth-order valence-corrected chi connectivity index (χ4v) is 1.34. The summed E-state index contributed by atoms with van der Waals surface area (Å²) < 4.78 is 0. The Morgan fingerprint density at radius 1 is 1.21 bits per heavy atom. The Hall–Kier alpha value is -1.88. The number of carbonyl (C=O) groups excluding carboxylic acids is 2. The molecule has 2 N–H and O–H groups in total. The van der Waals surface area contributed by atoms with E-state index in [1.165, 1.54) is 0 Å². The van der Waals surface area contributed by atoms with Gasteiger partial charge in [0.05, 0.1) is 0 Å². The zero-order valence-electron chi connectivity index (χ0n) is 7.18. The van der Waals surface area contributed by atoms with Crippen molar-refractivity contribution in [3.63, 3.8) is 0 Å². The van der Waals surface area contributed by atoms with Gasteiger partial charge in [0.25, 0.3) is 5.91 Å². The van der Waals surface area contributed by atoms with E-state index in [1.807, 2.05) is 6.07 Å². The van der Waals surface area contributed by atoms with Gasteiger partial charge in [0.1, 0.15) is 6.04 Å². The first-order chi connectivity index (χ1) is 6.70. The number of benzene rings is 1. The number of amides is 3. The molecular formula is C9H8N2O3. The SMILES string of the molecule is O=C1NC(c2ccccc2)C(=O)N1O. The maximum atomic E-state index is 11.3. The lowest BCUT2D eigenvalue weighted by molar-refractivity contribution is -0.149. The summed E-state index contributed by atoms with van der Waals surface area (Å²) >= 11 is 0. The van der Waals surface area contributed by atoms with Crippen LogP contribution in [0.1, 0.15) is 11.6 Å². The molecule has 1 aliphatic heterocycles. The number of hydroxylamine groups is 2. The fraction of sp³-hybridized carbons (Fsp3) is 0.111. The van der Waals surface area contributed by atoms with Crippen molar-refractivity contribution in [2.75, 3.05) is 0 Å². The summed E-state index contributed by atoms with van der Waals surface area (Å²) in [5.41, 5.74) is 0.655. The van der Waals surface area contributed by atoms with Crippen LogP contribution in [0.15, 0.2) is 30.3 Å². The molecule has 0 bridgehead atoms. The van der Waals surface area contributed by atoms with Crippen LogP contribution >= 0.6 is 0 Å². The highest BCUT2D eigenvalue weighted by molar-refractivity contribution is 6.03. The Kier molecular flexibility index (Phi) is 1.94. The van der Waals surface area contributed by atoms with E-state index in [1.54, 1.807) is 24.3 Å². The Labute approximate surface area is 79.9 Å². The van der Waals surface area contributed by atoms with Crippen LogP contribution in [0.5, 0.6) is 0 Å². The van der Waals surface area contributed by atoms with Gasteiger partial charge in [0.2, 0.25) is 0 Å². The molecule has 0 radical (unpaired) electrons. The molecule has 14 heavy (non-hydrogen) atoms. The quantitative estimate of drug-likeness (QED) is 0.507. The number of hydrogen-bond acceptors (Lipinski definition) is 3. The lowest BCUT2D eigenvalue weighted by atomic mass is 10.1. The average Bonchev–Trinajstić information content (AvgIpc) is 2.47. The van der Waals surface area contributed by atoms with Crippen LogP contribution in [0.4, 0.5) is 4.79 Å². The number of nitrogens with zero attached hydrogens (tertiary/aromatic N) is 1. The second-order valence-corrected chi connectivity index (χ2v) is 2.94. The summed E-state index contributed by atoms with van der Waals surface area (Å²) in [5.74, 6) is -0.652. The summed E-state index contributed by atoms with van der Waals surface area (Å²) in [6.45, 7) is 0. The molecule has 0 aliphatic carbocycles. The highest BCUT2D eigenvalue weighted by atomic mass is 16.5. The van der Waals surface area contributed by atoms with Crippen molar-refractivity contribution in [3.05, 3.63) is 35.9 Å². The number of urea groups is 1. The van der Waals surface area contributed by atoms with Crippen LogP contribution in [0.2, 0.25) is 0 Å². The van der Waals surface area contributed by atoms with Gasteiger partial charge in [-0.25, -0.2) is 4.79 Å². The number of imide groups is 1. The molecule has 1 atom stereocenters. The van der Waals surface area contributed by atoms with Crippen LogP contribution in [0.25, 0.3) is 0 Å². The van der Waals surface area contributed by atoms with Gasteiger partial charge in [0, 0.05) is 0 Å². The predicted molar refractivity (Wildman–Crippen MR) is 46.3 cm³/mol. The largest absolute Gasteiger partial charge is 0.349 e. The van der Waals surface area contributed by atoms with Gasteiger partial charge in [-0.15, -0.1) is 5.06 Å². The van der Waals surface area contributed by atoms with Gasteiger partial charge in [-0.3, -0.25) is 10.0 Å². The average molecular weight is 192 g/mol. The fourth-order valence-electron chi connectivity index (χ4n) is 1.34. The summed E-state index contributed by atoms with van der Waals surface area (Å²) in [4.78, 5) is 22.2. The van der Waals surface area contributed by atoms with Gasteiger partial charge in [-0.05, 0) is 5.56 Å². The number of nitrogens with one attached hydrogen (secondary N) is 1. The predicted octanol–water partition coefficient (Wildman–Crippen LogP) is 0.669. The third-order valence-electron chi connectivity index (χ3n) is 2.05. The van der Waals surface area contributed by atoms with E-state index >= 15 is 0 Å². The molecule has 72 valence electrons. The minimum atomic E-state index is -0.788. The van der Waals surface area contributed by atoms with Gasteiger partial charge >= 0.3 is 6.03 Å². The Bertz CT molecular complexity index is 377. The topological polar surface area (TPSA) is 69.6 Å². The van der Waals surface area contributed by atoms with Gasteiger partial charge in [-0.1, -0.05) is 30.3 Å². The summed E-state index contributed by atoms with van der Waals surface area (Å²) in [6.07, 6.45) is 0. The van der Waals surface area contributed by atoms with Gasteiger partial charge in [0.15, 0.2) is 0 Å². The van der Waals surface area contributed by atoms with Crippen LogP contribution in [0, 0.1) is 0 Å². The van der Waals surface area contributed by atoms with E-state index in [0.29, 0.717) is 5.56 Å². The third-order valence-corrected chi connectivity index (χ3v) is 2.05. The molecule has 0 saturated carbocycles. The minimum absolute atomic E-state index is 0.0949. The monoisotopic (exact) mass is 192 g/mol. The molecule has 5 heteroatoms. The lowest BCUT2D eigenvalue weighted by Gasteiger charge is -2.06. The lowest BCUT2D eigenvalue weighted by Crippen LogP contribution is -2.26. The molecule has 1 aliphatic rings. The molecule has 2 rings (SSSR count). The Balaban J connectivity index is 2.30. The first kappa shape index (κ1) is 8.71. The molecule has 1 unspecified atom stereocenters. The van der Waals surface area contributed by atoms with Crippen LogP contribution in [0.3, 0.4) is 0 Å². The zero-order valence-corrected chi connectivity index (χ0v) is 7.18. The number of hydrogen-bond donors (Lipinski definition) is 2. The zero-order chi connectivity index (χ0) is 10.1. The highest BCUT2D eigenvalue weighted by Gasteiger charge is 2.38. The normalized spacial score (nSPS) is 21.2. The van der Waals surface area contributed by atoms with Crippen molar-refractivity contribution in [1.29, 1.82) is 0 Å². The third kappa shape index (κ3) is 1.23. The van der Waals surface area contributed by atoms with Crippen LogP contribution < -0.4 is 5.32 Å². The molecular weight excluding hydrogens is 184 g/mol. The molecule has 5 nitrogen and oxygen atoms in total. The highest BCUT2D eigenvalue weighted by Crippen LogP contribution is 2.19. The minimum Gasteiger partial charge on any atom is -0.320 e. The van der Waals surface area contributed by atoms with E-state index in [9.17, 15) is 9.59 Å². The van der Waals surface area contributed by atoms with E-state index < -0.39 is 18.0 Å². The standard InChI is InChI=1S/C9H8N2O3/c12-8-7(10-9(13)11(8)14)6-4-2-1-3-5-6/h1-5,7,14H,(H,10,13). The molecule has 0 aromatic heterocycles. The summed E-state index contributed by atoms with van der Waals surface area (Å²) in [7, 11) is 0. The molecule has 0 spiro atoms. The maximum absolute atomic E-state index is 11.3. The van der Waals surface area contributed by atoms with Crippen molar-refractivity contribution < 1.29 is 14.8 Å². The number of carbonyl (C=O) groups is 2. The van der Waals surface area contributed by atoms with Gasteiger partial charge < -0.3 is 5.32 Å². The van der Waals surface area contributed by atoms with E-state index in [0.717, 1.165) is 0 Å². The molecule has 3 amide bonds. The summed E-state index contributed by atoms with van der Waals surface area (Å²) in [6, 6.07) is 7.19. The van der Waals surface area contributed by atoms with Crippen molar-refractivity contribution in [2.45, 2.75) is 6.04 Å². The molecule has 1 saturated heterocycles. The molecule has 1 aromatic rings. The first-order valence-corrected chi connectivity index (χ1v) is 4.08. The second kappa shape index (κ2) is 3.12. The van der Waals surface area contributed by atoms with E-state index in [4.69, 9.17) is 5.21 Å². The maximum Gasteiger partial charge on any atom is 0.349 e. The van der Waals surface area contributed by atoms with Crippen molar-refractivity contribution in [2.24, 2.45) is 0 Å². The van der Waals surface area contributed by atoms with Gasteiger partial charge in [-0.2, -0.15) is 0 Å². The second-order valence-electron chi connectivity index (χ2n) is 2.94. The van der Waals surface area contributed by atoms with E-state index in [-0.39, 0.29) is 5.06 Å². The number of rotatable bonds is 1. The van der Waals surface area contributed by atoms with Crippen LogP contribution in [-0.2, 0) is 4.79 Å². The smallest absolute Gasteiger partial charge is 0.320 e. The molecule has 1 heterocycles. The van der Waals surface area contributed by atoms with Crippen molar-refractivity contribution in [3.8, 4) is 0 Å². The first-order valence-electron chi connectivity index (χ1n) is 4.08. The summed E-state index contributed by atoms with van der Waals surface area (Å²) in [5, 5.41) is 11.4. The van der Waals surface area contributed by atoms with E-state index in [2.05, 4.69) is 5.32 Å². The van der Waals surface area contributed by atoms with Crippen molar-refractivity contribution >= 4 is 11.9 Å². The molecule has 1 aromatic carbocycles. The Morgan fingerprint density at radius 3 is 2.36 bits per heavy atom.